The van der Waals surface area contributed by atoms with Crippen molar-refractivity contribution in [3.05, 3.63) is 76.9 Å². The monoisotopic (exact) mass is 415 g/mol. The van der Waals surface area contributed by atoms with Crippen molar-refractivity contribution in [2.24, 2.45) is 0 Å². The van der Waals surface area contributed by atoms with Gasteiger partial charge in [0.2, 0.25) is 0 Å². The molecule has 2 aliphatic heterocycles. The third-order valence-corrected chi connectivity index (χ3v) is 6.73. The molecule has 1 fully saturated rings. The van der Waals surface area contributed by atoms with E-state index in [9.17, 15) is 4.79 Å². The fourth-order valence-electron chi connectivity index (χ4n) is 5.14. The fourth-order valence-corrected chi connectivity index (χ4v) is 5.14. The number of ether oxygens (including phenoxy) is 2. The van der Waals surface area contributed by atoms with Gasteiger partial charge >= 0.3 is 0 Å². The first-order valence-electron chi connectivity index (χ1n) is 11.1. The van der Waals surface area contributed by atoms with Crippen LogP contribution in [0.2, 0.25) is 0 Å². The quantitative estimate of drug-likeness (QED) is 0.576. The van der Waals surface area contributed by atoms with E-state index in [1.54, 1.807) is 7.11 Å². The van der Waals surface area contributed by atoms with Crippen LogP contribution in [0.15, 0.2) is 54.6 Å². The van der Waals surface area contributed by atoms with E-state index in [1.165, 1.54) is 27.5 Å². The van der Waals surface area contributed by atoms with Crippen LogP contribution in [0, 0.1) is 0 Å². The van der Waals surface area contributed by atoms with Gasteiger partial charge in [0.05, 0.1) is 12.7 Å². The van der Waals surface area contributed by atoms with Crippen LogP contribution in [-0.4, -0.2) is 36.2 Å². The second-order valence-corrected chi connectivity index (χ2v) is 9.32. The highest BCUT2D eigenvalue weighted by molar-refractivity contribution is 6.05. The lowest BCUT2D eigenvalue weighted by Gasteiger charge is -2.39. The van der Waals surface area contributed by atoms with Crippen LogP contribution in [0.3, 0.4) is 0 Å². The van der Waals surface area contributed by atoms with Crippen LogP contribution in [0.5, 0.6) is 5.75 Å². The lowest BCUT2D eigenvalue weighted by Crippen LogP contribution is -2.46. The van der Waals surface area contributed by atoms with Gasteiger partial charge in [0.15, 0.2) is 0 Å². The minimum absolute atomic E-state index is 0.166. The molecule has 1 saturated heterocycles. The largest absolute Gasteiger partial charge is 0.497 e. The van der Waals surface area contributed by atoms with E-state index in [1.807, 2.05) is 12.1 Å². The number of hydrogen-bond donors (Lipinski definition) is 0. The average molecular weight is 416 g/mol. The zero-order valence-corrected chi connectivity index (χ0v) is 18.5. The molecule has 0 bridgehead atoms. The van der Waals surface area contributed by atoms with Crippen molar-refractivity contribution in [1.29, 1.82) is 0 Å². The Morgan fingerprint density at radius 1 is 1.10 bits per heavy atom. The lowest BCUT2D eigenvalue weighted by molar-refractivity contribution is -0.0782. The molecule has 3 aromatic rings. The summed E-state index contributed by atoms with van der Waals surface area (Å²) >= 11 is 0. The van der Waals surface area contributed by atoms with E-state index in [0.717, 1.165) is 30.6 Å². The Kier molecular flexibility index (Phi) is 4.98. The molecular formula is C27H29NO3. The molecule has 0 spiro atoms. The second kappa shape index (κ2) is 7.69. The van der Waals surface area contributed by atoms with Gasteiger partial charge in [-0.15, -0.1) is 0 Å². The summed E-state index contributed by atoms with van der Waals surface area (Å²) in [4.78, 5) is 15.6. The van der Waals surface area contributed by atoms with Crippen molar-refractivity contribution < 1.29 is 14.3 Å². The number of benzene rings is 3. The lowest BCUT2D eigenvalue weighted by atomic mass is 9.92. The highest BCUT2D eigenvalue weighted by Gasteiger charge is 2.39. The molecule has 0 N–H and O–H groups in total. The summed E-state index contributed by atoms with van der Waals surface area (Å²) in [7, 11) is 1.68. The van der Waals surface area contributed by atoms with E-state index >= 15 is 0 Å². The normalized spacial score (nSPS) is 20.2. The SMILES string of the molecule is COc1ccc(Cc2cc3c(c4ccccc24)CN(C2CCOC(C)(C)C2)C3=O)cc1. The van der Waals surface area contributed by atoms with Crippen molar-refractivity contribution in [1.82, 2.24) is 4.90 Å². The van der Waals surface area contributed by atoms with Crippen LogP contribution in [-0.2, 0) is 17.7 Å². The van der Waals surface area contributed by atoms with Crippen LogP contribution < -0.4 is 4.74 Å². The Morgan fingerprint density at radius 2 is 1.84 bits per heavy atom. The minimum Gasteiger partial charge on any atom is -0.497 e. The van der Waals surface area contributed by atoms with Crippen LogP contribution >= 0.6 is 0 Å². The Bertz CT molecular complexity index is 1130. The molecule has 1 atom stereocenters. The Morgan fingerprint density at radius 3 is 2.55 bits per heavy atom. The fraction of sp³-hybridized carbons (Fsp3) is 0.370. The highest BCUT2D eigenvalue weighted by atomic mass is 16.5. The van der Waals surface area contributed by atoms with E-state index in [0.29, 0.717) is 13.2 Å². The molecule has 0 saturated carbocycles. The van der Waals surface area contributed by atoms with Gasteiger partial charge in [-0.05, 0) is 78.8 Å². The number of amides is 1. The summed E-state index contributed by atoms with van der Waals surface area (Å²) in [6, 6.07) is 19.0. The molecule has 160 valence electrons. The second-order valence-electron chi connectivity index (χ2n) is 9.32. The van der Waals surface area contributed by atoms with E-state index < -0.39 is 0 Å². The van der Waals surface area contributed by atoms with Gasteiger partial charge in [0, 0.05) is 24.8 Å². The maximum atomic E-state index is 13.5. The van der Waals surface area contributed by atoms with E-state index in [2.05, 4.69) is 61.2 Å². The Hall–Kier alpha value is -2.85. The molecule has 31 heavy (non-hydrogen) atoms. The molecule has 4 heteroatoms. The average Bonchev–Trinajstić information content (AvgIpc) is 3.10. The molecule has 3 aromatic carbocycles. The predicted octanol–water partition coefficient (Wildman–Crippen LogP) is 5.35. The van der Waals surface area contributed by atoms with Gasteiger partial charge < -0.3 is 14.4 Å². The number of carbonyl (C=O) groups excluding carboxylic acids is 1. The molecule has 4 nitrogen and oxygen atoms in total. The van der Waals surface area contributed by atoms with Gasteiger partial charge in [0.1, 0.15) is 5.75 Å². The maximum Gasteiger partial charge on any atom is 0.254 e. The molecule has 0 aromatic heterocycles. The van der Waals surface area contributed by atoms with E-state index in [4.69, 9.17) is 9.47 Å². The number of nitrogens with zero attached hydrogens (tertiary/aromatic N) is 1. The number of hydrogen-bond acceptors (Lipinski definition) is 3. The van der Waals surface area contributed by atoms with Gasteiger partial charge in [-0.25, -0.2) is 0 Å². The molecular weight excluding hydrogens is 386 g/mol. The predicted molar refractivity (Wildman–Crippen MR) is 123 cm³/mol. The van der Waals surface area contributed by atoms with Crippen LogP contribution in [0.1, 0.15) is 53.7 Å². The van der Waals surface area contributed by atoms with Gasteiger partial charge in [-0.1, -0.05) is 36.4 Å². The first kappa shape index (κ1) is 20.1. The number of carbonyl (C=O) groups is 1. The number of methoxy groups -OCH3 is 1. The summed E-state index contributed by atoms with van der Waals surface area (Å²) in [5.74, 6) is 1.02. The third-order valence-electron chi connectivity index (χ3n) is 6.73. The maximum absolute atomic E-state index is 13.5. The van der Waals surface area contributed by atoms with Crippen LogP contribution in [0.4, 0.5) is 0 Å². The molecule has 1 amide bonds. The molecule has 5 rings (SSSR count). The molecule has 2 heterocycles. The standard InChI is InChI=1S/C27H29NO3/c1-27(2)16-20(12-13-31-27)28-17-25-23-7-5-4-6-22(23)19(15-24(25)26(28)29)14-18-8-10-21(30-3)11-9-18/h4-11,15,20H,12-14,16-17H2,1-3H3. The summed E-state index contributed by atoms with van der Waals surface area (Å²) < 4.78 is 11.2. The summed E-state index contributed by atoms with van der Waals surface area (Å²) in [5, 5.41) is 2.43. The van der Waals surface area contributed by atoms with Crippen molar-refractivity contribution in [3.63, 3.8) is 0 Å². The number of rotatable bonds is 4. The zero-order valence-electron chi connectivity index (χ0n) is 18.5. The first-order valence-corrected chi connectivity index (χ1v) is 11.1. The van der Waals surface area contributed by atoms with Gasteiger partial charge in [-0.3, -0.25) is 4.79 Å². The van der Waals surface area contributed by atoms with Crippen LogP contribution in [0.25, 0.3) is 10.8 Å². The summed E-state index contributed by atoms with van der Waals surface area (Å²) in [6.45, 7) is 5.64. The molecule has 2 aliphatic rings. The minimum atomic E-state index is -0.181. The Labute approximate surface area is 183 Å². The topological polar surface area (TPSA) is 38.8 Å². The Balaban J connectivity index is 1.52. The molecule has 1 unspecified atom stereocenters. The van der Waals surface area contributed by atoms with Crippen molar-refractivity contribution >= 4 is 16.7 Å². The van der Waals surface area contributed by atoms with Gasteiger partial charge in [0.25, 0.3) is 5.91 Å². The number of fused-ring (bicyclic) bond motifs is 3. The summed E-state index contributed by atoms with van der Waals surface area (Å²) in [6.07, 6.45) is 2.57. The van der Waals surface area contributed by atoms with Gasteiger partial charge in [-0.2, -0.15) is 0 Å². The smallest absolute Gasteiger partial charge is 0.254 e. The van der Waals surface area contributed by atoms with Crippen molar-refractivity contribution in [3.8, 4) is 5.75 Å². The summed E-state index contributed by atoms with van der Waals surface area (Å²) in [5.41, 5.74) is 4.26. The van der Waals surface area contributed by atoms with Crippen molar-refractivity contribution in [2.75, 3.05) is 13.7 Å². The van der Waals surface area contributed by atoms with E-state index in [-0.39, 0.29) is 17.6 Å². The third kappa shape index (κ3) is 3.70. The molecule has 0 aliphatic carbocycles. The first-order chi connectivity index (χ1) is 14.9. The zero-order chi connectivity index (χ0) is 21.6. The highest BCUT2D eigenvalue weighted by Crippen LogP contribution is 2.37. The van der Waals surface area contributed by atoms with Crippen molar-refractivity contribution in [2.45, 2.75) is 51.3 Å². The molecule has 0 radical (unpaired) electrons.